The molecule has 2 aliphatic rings. The van der Waals surface area contributed by atoms with Crippen molar-refractivity contribution in [3.63, 3.8) is 0 Å². The normalized spacial score (nSPS) is 20.3. The van der Waals surface area contributed by atoms with Gasteiger partial charge in [-0.3, -0.25) is 9.59 Å². The Morgan fingerprint density at radius 2 is 1.86 bits per heavy atom. The van der Waals surface area contributed by atoms with Crippen LogP contribution < -0.4 is 10.9 Å². The van der Waals surface area contributed by atoms with Gasteiger partial charge in [0.25, 0.3) is 5.56 Å². The van der Waals surface area contributed by atoms with Crippen LogP contribution in [0, 0.1) is 5.41 Å². The van der Waals surface area contributed by atoms with Gasteiger partial charge >= 0.3 is 0 Å². The average Bonchev–Trinajstić information content (AvgIpc) is 2.59. The number of nitrogens with one attached hydrogen (secondary N) is 2. The second-order valence-electron chi connectivity index (χ2n) is 8.74. The number of allylic oxidation sites excluding steroid dienone is 2. The molecule has 0 saturated carbocycles. The van der Waals surface area contributed by atoms with Gasteiger partial charge < -0.3 is 10.3 Å². The Balaban J connectivity index is 1.93. The van der Waals surface area contributed by atoms with Crippen LogP contribution in [-0.2, 0) is 4.79 Å². The number of hydrogen-bond acceptors (Lipinski definition) is 5. The van der Waals surface area contributed by atoms with E-state index in [2.05, 4.69) is 38.0 Å². The van der Waals surface area contributed by atoms with Gasteiger partial charge in [0.15, 0.2) is 10.9 Å². The van der Waals surface area contributed by atoms with Crippen molar-refractivity contribution in [3.05, 3.63) is 62.0 Å². The lowest BCUT2D eigenvalue weighted by Crippen LogP contribution is -2.37. The molecule has 7 heteroatoms. The van der Waals surface area contributed by atoms with Crippen LogP contribution in [0.1, 0.15) is 57.6 Å². The Hall–Kier alpha value is -2.05. The van der Waals surface area contributed by atoms with Crippen molar-refractivity contribution in [1.82, 2.24) is 9.97 Å². The van der Waals surface area contributed by atoms with Gasteiger partial charge in [-0.2, -0.15) is 0 Å². The maximum atomic E-state index is 13.2. The van der Waals surface area contributed by atoms with E-state index in [1.54, 1.807) is 12.1 Å². The molecule has 152 valence electrons. The van der Waals surface area contributed by atoms with E-state index in [1.807, 2.05) is 12.1 Å². The Morgan fingerprint density at radius 1 is 1.17 bits per heavy atom. The molecule has 5 nitrogen and oxygen atoms in total. The highest BCUT2D eigenvalue weighted by Gasteiger charge is 2.42. The van der Waals surface area contributed by atoms with Crippen molar-refractivity contribution in [2.45, 2.75) is 56.9 Å². The van der Waals surface area contributed by atoms with Gasteiger partial charge in [-0.1, -0.05) is 63.2 Å². The number of aromatic nitrogens is 2. The third-order valence-corrected chi connectivity index (χ3v) is 6.39. The maximum Gasteiger partial charge on any atom is 0.257 e. The lowest BCUT2D eigenvalue weighted by molar-refractivity contribution is -0.118. The first-order chi connectivity index (χ1) is 13.6. The second kappa shape index (κ2) is 7.33. The fourth-order valence-electron chi connectivity index (χ4n) is 4.16. The Morgan fingerprint density at radius 3 is 2.52 bits per heavy atom. The molecule has 1 aliphatic heterocycles. The van der Waals surface area contributed by atoms with Crippen molar-refractivity contribution in [2.75, 3.05) is 5.32 Å². The number of nitrogens with zero attached hydrogens (tertiary/aromatic N) is 1. The third kappa shape index (κ3) is 3.88. The summed E-state index contributed by atoms with van der Waals surface area (Å²) >= 11 is 7.59. The molecule has 2 N–H and O–H groups in total. The van der Waals surface area contributed by atoms with E-state index in [1.165, 1.54) is 11.8 Å². The lowest BCUT2D eigenvalue weighted by atomic mass is 9.69. The minimum absolute atomic E-state index is 0.0781. The van der Waals surface area contributed by atoms with E-state index in [4.69, 9.17) is 16.6 Å². The standard InChI is InChI=1S/C22H24ClN3O2S/c1-11(2)29-21-25-19-18(20(28)26-21)16(12-5-7-13(23)8-6-12)17-14(24-19)9-22(3,4)10-15(17)27/h5-8,11,16H,9-10H2,1-4H3,(H2,24,25,26,28). The number of Topliss-reactive ketones (excluding diaryl/α,β-unsaturated/α-hetero) is 1. The van der Waals surface area contributed by atoms with Gasteiger partial charge in [0, 0.05) is 33.9 Å². The van der Waals surface area contributed by atoms with Crippen LogP contribution in [0.25, 0.3) is 0 Å². The molecule has 0 amide bonds. The second-order valence-corrected chi connectivity index (χ2v) is 10.7. The van der Waals surface area contributed by atoms with Crippen LogP contribution in [0.15, 0.2) is 45.5 Å². The lowest BCUT2D eigenvalue weighted by Gasteiger charge is -2.38. The zero-order valence-corrected chi connectivity index (χ0v) is 18.5. The van der Waals surface area contributed by atoms with Crippen LogP contribution in [0.5, 0.6) is 0 Å². The Bertz CT molecular complexity index is 1070. The van der Waals surface area contributed by atoms with Crippen molar-refractivity contribution in [2.24, 2.45) is 5.41 Å². The minimum atomic E-state index is -0.448. The molecule has 1 aromatic carbocycles. The van der Waals surface area contributed by atoms with Crippen molar-refractivity contribution in [1.29, 1.82) is 0 Å². The van der Waals surface area contributed by atoms with E-state index in [0.29, 0.717) is 33.6 Å². The fourth-order valence-corrected chi connectivity index (χ4v) is 5.03. The molecule has 0 spiro atoms. The number of benzene rings is 1. The molecule has 2 aromatic rings. The highest BCUT2D eigenvalue weighted by atomic mass is 35.5. The van der Waals surface area contributed by atoms with Crippen molar-refractivity contribution in [3.8, 4) is 0 Å². The zero-order valence-electron chi connectivity index (χ0n) is 16.9. The van der Waals surface area contributed by atoms with E-state index in [0.717, 1.165) is 17.7 Å². The molecule has 1 aromatic heterocycles. The number of halogens is 1. The van der Waals surface area contributed by atoms with Gasteiger partial charge in [0.2, 0.25) is 0 Å². The number of aromatic amines is 1. The van der Waals surface area contributed by atoms with E-state index < -0.39 is 5.92 Å². The van der Waals surface area contributed by atoms with Gasteiger partial charge in [0.05, 0.1) is 5.56 Å². The zero-order chi connectivity index (χ0) is 20.9. The predicted molar refractivity (Wildman–Crippen MR) is 118 cm³/mol. The molecular formula is C22H24ClN3O2S. The Labute approximate surface area is 179 Å². The molecular weight excluding hydrogens is 406 g/mol. The summed E-state index contributed by atoms with van der Waals surface area (Å²) in [4.78, 5) is 33.9. The summed E-state index contributed by atoms with van der Waals surface area (Å²) in [7, 11) is 0. The molecule has 1 atom stereocenters. The number of hydrogen-bond donors (Lipinski definition) is 2. The smallest absolute Gasteiger partial charge is 0.257 e. The number of fused-ring (bicyclic) bond motifs is 1. The summed E-state index contributed by atoms with van der Waals surface area (Å²) in [6.45, 7) is 8.29. The van der Waals surface area contributed by atoms with Crippen LogP contribution in [0.4, 0.5) is 5.82 Å². The summed E-state index contributed by atoms with van der Waals surface area (Å²) < 4.78 is 0. The average molecular weight is 430 g/mol. The summed E-state index contributed by atoms with van der Waals surface area (Å²) in [5, 5.41) is 4.82. The monoisotopic (exact) mass is 429 g/mol. The first-order valence-electron chi connectivity index (χ1n) is 9.74. The van der Waals surface area contributed by atoms with Crippen LogP contribution in [0.2, 0.25) is 5.02 Å². The molecule has 1 unspecified atom stereocenters. The molecule has 1 aliphatic carbocycles. The van der Waals surface area contributed by atoms with E-state index in [-0.39, 0.29) is 22.0 Å². The Kier molecular flexibility index (Phi) is 5.11. The molecule has 2 heterocycles. The predicted octanol–water partition coefficient (Wildman–Crippen LogP) is 5.12. The highest BCUT2D eigenvalue weighted by molar-refractivity contribution is 7.99. The van der Waals surface area contributed by atoms with Crippen LogP contribution in [0.3, 0.4) is 0 Å². The maximum absolute atomic E-state index is 13.2. The number of thioether (sulfide) groups is 1. The fraction of sp³-hybridized carbons (Fsp3) is 0.409. The summed E-state index contributed by atoms with van der Waals surface area (Å²) in [5.41, 5.74) is 2.56. The largest absolute Gasteiger partial charge is 0.343 e. The third-order valence-electron chi connectivity index (χ3n) is 5.25. The number of carbonyl (C=O) groups excluding carboxylic acids is 1. The van der Waals surface area contributed by atoms with Gasteiger partial charge in [-0.25, -0.2) is 4.98 Å². The van der Waals surface area contributed by atoms with Gasteiger partial charge in [-0.05, 0) is 29.5 Å². The van der Waals surface area contributed by atoms with E-state index >= 15 is 0 Å². The van der Waals surface area contributed by atoms with Crippen LogP contribution >= 0.6 is 23.4 Å². The molecule has 29 heavy (non-hydrogen) atoms. The quantitative estimate of drug-likeness (QED) is 0.522. The number of ketones is 1. The highest BCUT2D eigenvalue weighted by Crippen LogP contribution is 2.47. The summed E-state index contributed by atoms with van der Waals surface area (Å²) in [5.74, 6) is 0.173. The summed E-state index contributed by atoms with van der Waals surface area (Å²) in [6.07, 6.45) is 1.19. The first kappa shape index (κ1) is 20.2. The molecule has 4 rings (SSSR count). The number of H-pyrrole nitrogens is 1. The summed E-state index contributed by atoms with van der Waals surface area (Å²) in [6, 6.07) is 7.35. The van der Waals surface area contributed by atoms with Gasteiger partial charge in [-0.15, -0.1) is 0 Å². The number of rotatable bonds is 3. The topological polar surface area (TPSA) is 74.8 Å². The van der Waals surface area contributed by atoms with Gasteiger partial charge in [0.1, 0.15) is 5.82 Å². The minimum Gasteiger partial charge on any atom is -0.343 e. The van der Waals surface area contributed by atoms with Crippen molar-refractivity contribution < 1.29 is 4.79 Å². The molecule has 0 fully saturated rings. The molecule has 0 saturated heterocycles. The molecule has 0 radical (unpaired) electrons. The van der Waals surface area contributed by atoms with Crippen molar-refractivity contribution >= 4 is 35.0 Å². The number of anilines is 1. The molecule has 0 bridgehead atoms. The SMILES string of the molecule is CC(C)Sc1nc2c(c(=O)[nH]1)C(c1ccc(Cl)cc1)C1=C(CC(C)(C)CC1=O)N2. The van der Waals surface area contributed by atoms with E-state index in [9.17, 15) is 9.59 Å². The first-order valence-corrected chi connectivity index (χ1v) is 11.0. The number of carbonyl (C=O) groups is 1. The van der Waals surface area contributed by atoms with Crippen LogP contribution in [-0.4, -0.2) is 21.0 Å².